The molecule has 0 fully saturated rings. The standard InChI is InChI=1S/C18H18N4O2/c1-10(2)12-8-23-14-7-21-15(22-16(12)14)6-11(3)13-9-24-18-17(13)19-4-5-20-18/h4-5,7-11H,6H2,1-3H3. The molecule has 0 saturated carbocycles. The fourth-order valence-electron chi connectivity index (χ4n) is 2.91. The highest BCUT2D eigenvalue weighted by molar-refractivity contribution is 5.76. The summed E-state index contributed by atoms with van der Waals surface area (Å²) >= 11 is 0. The van der Waals surface area contributed by atoms with Gasteiger partial charge in [0.05, 0.1) is 18.7 Å². The van der Waals surface area contributed by atoms with Crippen LogP contribution in [-0.4, -0.2) is 19.9 Å². The minimum atomic E-state index is 0.176. The molecule has 0 amide bonds. The van der Waals surface area contributed by atoms with E-state index in [1.807, 2.05) is 0 Å². The van der Waals surface area contributed by atoms with Gasteiger partial charge in [-0.1, -0.05) is 20.8 Å². The molecule has 0 aliphatic heterocycles. The van der Waals surface area contributed by atoms with Gasteiger partial charge in [0.2, 0.25) is 5.71 Å². The Bertz CT molecular complexity index is 1000. The third kappa shape index (κ3) is 2.44. The lowest BCUT2D eigenvalue weighted by Gasteiger charge is -2.08. The van der Waals surface area contributed by atoms with Crippen LogP contribution in [0.3, 0.4) is 0 Å². The van der Waals surface area contributed by atoms with E-state index in [9.17, 15) is 0 Å². The summed E-state index contributed by atoms with van der Waals surface area (Å²) in [6.07, 6.45) is 9.26. The molecule has 4 aromatic rings. The molecule has 24 heavy (non-hydrogen) atoms. The van der Waals surface area contributed by atoms with E-state index in [2.05, 4.69) is 35.7 Å². The molecular formula is C18H18N4O2. The van der Waals surface area contributed by atoms with Gasteiger partial charge in [-0.2, -0.15) is 0 Å². The SMILES string of the molecule is CC(C)c1coc2cnc(CC(C)c3coc4nccnc34)nc12. The lowest BCUT2D eigenvalue weighted by atomic mass is 9.99. The first kappa shape index (κ1) is 14.8. The van der Waals surface area contributed by atoms with Gasteiger partial charge in [0.25, 0.3) is 0 Å². The molecule has 0 aliphatic rings. The first-order valence-electron chi connectivity index (χ1n) is 8.04. The Morgan fingerprint density at radius 2 is 1.71 bits per heavy atom. The number of rotatable bonds is 4. The first-order chi connectivity index (χ1) is 11.6. The Labute approximate surface area is 139 Å². The summed E-state index contributed by atoms with van der Waals surface area (Å²) < 4.78 is 11.0. The highest BCUT2D eigenvalue weighted by atomic mass is 16.3. The molecule has 1 unspecified atom stereocenters. The van der Waals surface area contributed by atoms with Crippen molar-refractivity contribution in [1.29, 1.82) is 0 Å². The van der Waals surface area contributed by atoms with E-state index in [0.29, 0.717) is 18.1 Å². The monoisotopic (exact) mass is 322 g/mol. The zero-order valence-electron chi connectivity index (χ0n) is 13.9. The molecule has 4 aromatic heterocycles. The summed E-state index contributed by atoms with van der Waals surface area (Å²) in [5, 5.41) is 0. The molecule has 0 spiro atoms. The van der Waals surface area contributed by atoms with E-state index < -0.39 is 0 Å². The zero-order chi connectivity index (χ0) is 16.7. The third-order valence-electron chi connectivity index (χ3n) is 4.27. The topological polar surface area (TPSA) is 77.8 Å². The molecule has 0 aliphatic carbocycles. The summed E-state index contributed by atoms with van der Waals surface area (Å²) in [6.45, 7) is 6.38. The fraction of sp³-hybridized carbons (Fsp3) is 0.333. The predicted molar refractivity (Wildman–Crippen MR) is 89.8 cm³/mol. The van der Waals surface area contributed by atoms with Crippen molar-refractivity contribution >= 4 is 22.3 Å². The van der Waals surface area contributed by atoms with E-state index >= 15 is 0 Å². The van der Waals surface area contributed by atoms with Crippen molar-refractivity contribution in [2.75, 3.05) is 0 Å². The average Bonchev–Trinajstić information content (AvgIpc) is 3.18. The van der Waals surface area contributed by atoms with Crippen molar-refractivity contribution in [1.82, 2.24) is 19.9 Å². The lowest BCUT2D eigenvalue weighted by Crippen LogP contribution is -2.03. The Balaban J connectivity index is 1.67. The van der Waals surface area contributed by atoms with Gasteiger partial charge in [-0.3, -0.25) is 0 Å². The largest absolute Gasteiger partial charge is 0.461 e. The molecule has 6 nitrogen and oxygen atoms in total. The highest BCUT2D eigenvalue weighted by Gasteiger charge is 2.18. The maximum absolute atomic E-state index is 5.54. The molecular weight excluding hydrogens is 304 g/mol. The molecule has 4 rings (SSSR count). The number of hydrogen-bond donors (Lipinski definition) is 0. The van der Waals surface area contributed by atoms with Gasteiger partial charge < -0.3 is 8.83 Å². The van der Waals surface area contributed by atoms with Crippen LogP contribution in [0.15, 0.2) is 40.0 Å². The minimum Gasteiger partial charge on any atom is -0.461 e. The Morgan fingerprint density at radius 3 is 2.54 bits per heavy atom. The molecule has 1 atom stereocenters. The number of furan rings is 2. The second-order valence-electron chi connectivity index (χ2n) is 6.35. The van der Waals surface area contributed by atoms with Gasteiger partial charge >= 0.3 is 0 Å². The Hall–Kier alpha value is -2.76. The summed E-state index contributed by atoms with van der Waals surface area (Å²) in [5.41, 5.74) is 5.14. The summed E-state index contributed by atoms with van der Waals surface area (Å²) in [7, 11) is 0. The van der Waals surface area contributed by atoms with Crippen LogP contribution in [0.2, 0.25) is 0 Å². The fourth-order valence-corrected chi connectivity index (χ4v) is 2.91. The maximum atomic E-state index is 5.54. The smallest absolute Gasteiger partial charge is 0.245 e. The van der Waals surface area contributed by atoms with Crippen molar-refractivity contribution in [3.05, 3.63) is 48.1 Å². The highest BCUT2D eigenvalue weighted by Crippen LogP contribution is 2.29. The molecule has 0 aromatic carbocycles. The molecule has 0 N–H and O–H groups in total. The van der Waals surface area contributed by atoms with Crippen LogP contribution in [-0.2, 0) is 6.42 Å². The Morgan fingerprint density at radius 1 is 0.917 bits per heavy atom. The van der Waals surface area contributed by atoms with E-state index in [4.69, 9.17) is 13.8 Å². The van der Waals surface area contributed by atoms with Gasteiger partial charge in [0, 0.05) is 29.9 Å². The molecule has 4 heterocycles. The van der Waals surface area contributed by atoms with Crippen molar-refractivity contribution in [2.45, 2.75) is 39.0 Å². The van der Waals surface area contributed by atoms with Crippen LogP contribution in [0, 0.1) is 0 Å². The van der Waals surface area contributed by atoms with Crippen molar-refractivity contribution in [3.8, 4) is 0 Å². The van der Waals surface area contributed by atoms with Crippen molar-refractivity contribution in [3.63, 3.8) is 0 Å². The van der Waals surface area contributed by atoms with Gasteiger partial charge in [-0.05, 0) is 11.8 Å². The number of hydrogen-bond acceptors (Lipinski definition) is 6. The van der Waals surface area contributed by atoms with Gasteiger partial charge in [0.15, 0.2) is 5.58 Å². The molecule has 6 heteroatoms. The lowest BCUT2D eigenvalue weighted by molar-refractivity contribution is 0.589. The van der Waals surface area contributed by atoms with E-state index in [1.165, 1.54) is 0 Å². The van der Waals surface area contributed by atoms with Crippen molar-refractivity contribution < 1.29 is 8.83 Å². The van der Waals surface area contributed by atoms with Crippen LogP contribution >= 0.6 is 0 Å². The van der Waals surface area contributed by atoms with Crippen LogP contribution in [0.25, 0.3) is 22.3 Å². The van der Waals surface area contributed by atoms with E-state index in [-0.39, 0.29) is 5.92 Å². The third-order valence-corrected chi connectivity index (χ3v) is 4.27. The van der Waals surface area contributed by atoms with Gasteiger partial charge in [-0.25, -0.2) is 19.9 Å². The molecule has 0 saturated heterocycles. The maximum Gasteiger partial charge on any atom is 0.245 e. The zero-order valence-corrected chi connectivity index (χ0v) is 13.9. The van der Waals surface area contributed by atoms with Crippen molar-refractivity contribution in [2.24, 2.45) is 0 Å². The second-order valence-corrected chi connectivity index (χ2v) is 6.35. The molecule has 0 bridgehead atoms. The molecule has 0 radical (unpaired) electrons. The normalized spacial score (nSPS) is 13.2. The summed E-state index contributed by atoms with van der Waals surface area (Å²) in [4.78, 5) is 17.7. The van der Waals surface area contributed by atoms with Gasteiger partial charge in [-0.15, -0.1) is 0 Å². The second kappa shape index (κ2) is 5.70. The Kier molecular flexibility index (Phi) is 3.52. The number of fused-ring (bicyclic) bond motifs is 2. The van der Waals surface area contributed by atoms with Crippen LogP contribution in [0.5, 0.6) is 0 Å². The van der Waals surface area contributed by atoms with E-state index in [1.54, 1.807) is 31.1 Å². The van der Waals surface area contributed by atoms with Crippen LogP contribution < -0.4 is 0 Å². The summed E-state index contributed by atoms with van der Waals surface area (Å²) in [6, 6.07) is 0. The number of nitrogens with zero attached hydrogens (tertiary/aromatic N) is 4. The first-order valence-corrected chi connectivity index (χ1v) is 8.04. The average molecular weight is 322 g/mol. The van der Waals surface area contributed by atoms with E-state index in [0.717, 1.165) is 33.6 Å². The van der Waals surface area contributed by atoms with Gasteiger partial charge in [0.1, 0.15) is 16.9 Å². The van der Waals surface area contributed by atoms with Crippen LogP contribution in [0.1, 0.15) is 49.6 Å². The minimum absolute atomic E-state index is 0.176. The predicted octanol–water partition coefficient (Wildman–Crippen LogP) is 4.23. The quantitative estimate of drug-likeness (QED) is 0.559. The molecule has 122 valence electrons. The number of aromatic nitrogens is 4. The summed E-state index contributed by atoms with van der Waals surface area (Å²) in [5.74, 6) is 1.32. The van der Waals surface area contributed by atoms with Crippen LogP contribution in [0.4, 0.5) is 0 Å².